The van der Waals surface area contributed by atoms with E-state index in [0.717, 1.165) is 78.8 Å². The largest absolute Gasteiger partial charge is 0.494 e. The molecule has 2 N–H and O–H groups in total. The van der Waals surface area contributed by atoms with Crippen LogP contribution in [-0.2, 0) is 23.1 Å². The topological polar surface area (TPSA) is 133 Å². The fraction of sp³-hybridized carbons (Fsp3) is 0.528. The number of aromatic nitrogens is 4. The fourth-order valence-corrected chi connectivity index (χ4v) is 7.49. The van der Waals surface area contributed by atoms with Gasteiger partial charge in [-0.05, 0) is 56.5 Å². The van der Waals surface area contributed by atoms with Crippen molar-refractivity contribution in [1.82, 2.24) is 34.6 Å². The summed E-state index contributed by atoms with van der Waals surface area (Å²) in [4.78, 5) is 50.8. The van der Waals surface area contributed by atoms with Crippen LogP contribution in [0.4, 0.5) is 4.79 Å². The highest BCUT2D eigenvalue weighted by atomic mass is 16.6. The summed E-state index contributed by atoms with van der Waals surface area (Å²) < 4.78 is 15.3. The van der Waals surface area contributed by atoms with Gasteiger partial charge in [-0.1, -0.05) is 33.1 Å². The molecule has 2 saturated heterocycles. The third-order valence-corrected chi connectivity index (χ3v) is 10.5. The van der Waals surface area contributed by atoms with E-state index in [2.05, 4.69) is 27.3 Å². The molecule has 0 spiro atoms. The van der Waals surface area contributed by atoms with Crippen molar-refractivity contribution in [3.8, 4) is 17.3 Å². The second-order valence-corrected chi connectivity index (χ2v) is 14.3. The molecule has 2 fully saturated rings. The van der Waals surface area contributed by atoms with Crippen molar-refractivity contribution in [2.75, 3.05) is 26.8 Å². The van der Waals surface area contributed by atoms with Gasteiger partial charge in [0.2, 0.25) is 5.91 Å². The van der Waals surface area contributed by atoms with E-state index in [1.807, 2.05) is 44.5 Å². The number of aryl methyl sites for hydroxylation is 2. The van der Waals surface area contributed by atoms with Crippen LogP contribution in [-0.4, -0.2) is 74.8 Å². The molecule has 3 atom stereocenters. The van der Waals surface area contributed by atoms with Gasteiger partial charge in [0.1, 0.15) is 16.9 Å². The SMILES string of the molecule is COc1cc(C(=O)N2CC[C@H]3COC(=O)N[C@@H]3C2)cc2nc(-c3cc4ccc5nc4n3CCCCCCC(C)(C)C(=O)N[C@@H]5C)n(C)c12. The average Bonchev–Trinajstić information content (AvgIpc) is 3.60. The van der Waals surface area contributed by atoms with Gasteiger partial charge in [0.25, 0.3) is 5.91 Å². The predicted octanol–water partition coefficient (Wildman–Crippen LogP) is 5.34. The number of rotatable bonds is 3. The number of amides is 3. The zero-order valence-corrected chi connectivity index (χ0v) is 28.5. The van der Waals surface area contributed by atoms with E-state index in [1.54, 1.807) is 18.1 Å². The molecule has 6 heterocycles. The van der Waals surface area contributed by atoms with Gasteiger partial charge in [0.15, 0.2) is 5.82 Å². The molecule has 7 rings (SSSR count). The van der Waals surface area contributed by atoms with Gasteiger partial charge < -0.3 is 34.1 Å². The Morgan fingerprint density at radius 3 is 2.67 bits per heavy atom. The second kappa shape index (κ2) is 12.4. The number of pyridine rings is 1. The summed E-state index contributed by atoms with van der Waals surface area (Å²) in [6, 6.07) is 9.46. The van der Waals surface area contributed by atoms with Gasteiger partial charge in [0, 0.05) is 49.0 Å². The van der Waals surface area contributed by atoms with Gasteiger partial charge in [0.05, 0.1) is 42.7 Å². The highest BCUT2D eigenvalue weighted by molar-refractivity contribution is 6.00. The Morgan fingerprint density at radius 2 is 1.85 bits per heavy atom. The van der Waals surface area contributed by atoms with Crippen LogP contribution in [0, 0.1) is 11.3 Å². The summed E-state index contributed by atoms with van der Waals surface area (Å²) in [5.41, 5.74) is 4.13. The smallest absolute Gasteiger partial charge is 0.407 e. The van der Waals surface area contributed by atoms with Crippen LogP contribution in [0.1, 0.15) is 81.4 Å². The molecule has 12 nitrogen and oxygen atoms in total. The van der Waals surface area contributed by atoms with Crippen molar-refractivity contribution >= 4 is 40.0 Å². The Kier molecular flexibility index (Phi) is 8.29. The van der Waals surface area contributed by atoms with Gasteiger partial charge >= 0.3 is 6.09 Å². The molecule has 2 bridgehead atoms. The number of nitrogens with one attached hydrogen (secondary N) is 2. The van der Waals surface area contributed by atoms with Crippen LogP contribution in [0.5, 0.6) is 5.75 Å². The Hall–Kier alpha value is -4.61. The fourth-order valence-electron chi connectivity index (χ4n) is 7.49. The van der Waals surface area contributed by atoms with Gasteiger partial charge in [-0.2, -0.15) is 0 Å². The number of nitrogens with zero attached hydrogens (tertiary/aromatic N) is 5. The van der Waals surface area contributed by atoms with Crippen molar-refractivity contribution in [2.45, 2.75) is 77.9 Å². The predicted molar refractivity (Wildman–Crippen MR) is 182 cm³/mol. The van der Waals surface area contributed by atoms with Crippen LogP contribution in [0.3, 0.4) is 0 Å². The van der Waals surface area contributed by atoms with Crippen molar-refractivity contribution in [3.05, 3.63) is 41.6 Å². The van der Waals surface area contributed by atoms with Crippen molar-refractivity contribution in [1.29, 1.82) is 0 Å². The van der Waals surface area contributed by atoms with Crippen LogP contribution >= 0.6 is 0 Å². The monoisotopic (exact) mass is 655 g/mol. The Balaban J connectivity index is 1.26. The molecular weight excluding hydrogens is 610 g/mol. The number of likely N-dealkylation sites (tertiary alicyclic amines) is 1. The first-order valence-electron chi connectivity index (χ1n) is 17.1. The lowest BCUT2D eigenvalue weighted by molar-refractivity contribution is -0.130. The van der Waals surface area contributed by atoms with E-state index in [-0.39, 0.29) is 29.8 Å². The molecule has 4 aromatic rings. The summed E-state index contributed by atoms with van der Waals surface area (Å²) in [6.45, 7) is 8.22. The average molecular weight is 656 g/mol. The minimum Gasteiger partial charge on any atom is -0.494 e. The number of ether oxygens (including phenoxy) is 2. The van der Waals surface area contributed by atoms with Gasteiger partial charge in [-0.3, -0.25) is 9.59 Å². The number of benzene rings is 1. The number of piperidine rings is 1. The maximum absolute atomic E-state index is 13.8. The Bertz CT molecular complexity index is 1910. The first-order valence-corrected chi connectivity index (χ1v) is 17.1. The number of methoxy groups -OCH3 is 1. The number of alkyl carbamates (subject to hydrolysis) is 1. The number of carbonyl (C=O) groups is 3. The van der Waals surface area contributed by atoms with Crippen molar-refractivity contribution < 1.29 is 23.9 Å². The molecule has 48 heavy (non-hydrogen) atoms. The lowest BCUT2D eigenvalue weighted by Gasteiger charge is -2.40. The highest BCUT2D eigenvalue weighted by Crippen LogP contribution is 2.36. The molecule has 0 unspecified atom stereocenters. The van der Waals surface area contributed by atoms with E-state index >= 15 is 0 Å². The second-order valence-electron chi connectivity index (χ2n) is 14.3. The molecule has 3 aliphatic rings. The number of fused-ring (bicyclic) bond motifs is 3. The van der Waals surface area contributed by atoms with E-state index < -0.39 is 11.5 Å². The van der Waals surface area contributed by atoms with E-state index in [9.17, 15) is 14.4 Å². The summed E-state index contributed by atoms with van der Waals surface area (Å²) in [5, 5.41) is 7.08. The molecule has 1 aromatic carbocycles. The van der Waals surface area contributed by atoms with Gasteiger partial charge in [-0.15, -0.1) is 0 Å². The van der Waals surface area contributed by atoms with E-state index in [0.29, 0.717) is 36.5 Å². The molecule has 3 amide bonds. The Labute approximate surface area is 280 Å². The lowest BCUT2D eigenvalue weighted by atomic mass is 9.85. The van der Waals surface area contributed by atoms with E-state index in [1.165, 1.54) is 0 Å². The molecule has 3 aromatic heterocycles. The minimum atomic E-state index is -0.432. The molecule has 12 heteroatoms. The maximum Gasteiger partial charge on any atom is 0.407 e. The van der Waals surface area contributed by atoms with Crippen molar-refractivity contribution in [2.24, 2.45) is 18.4 Å². The Morgan fingerprint density at radius 1 is 1.04 bits per heavy atom. The van der Waals surface area contributed by atoms with Crippen LogP contribution < -0.4 is 15.4 Å². The molecule has 0 saturated carbocycles. The number of carbonyl (C=O) groups excluding carboxylic acids is 3. The van der Waals surface area contributed by atoms with Gasteiger partial charge in [-0.25, -0.2) is 14.8 Å². The van der Waals surface area contributed by atoms with Crippen LogP contribution in [0.2, 0.25) is 0 Å². The quantitative estimate of drug-likeness (QED) is 0.305. The molecule has 0 aliphatic carbocycles. The zero-order chi connectivity index (χ0) is 33.7. The zero-order valence-electron chi connectivity index (χ0n) is 28.5. The molecule has 254 valence electrons. The summed E-state index contributed by atoms with van der Waals surface area (Å²) in [7, 11) is 3.58. The van der Waals surface area contributed by atoms with Crippen molar-refractivity contribution in [3.63, 3.8) is 0 Å². The van der Waals surface area contributed by atoms with Crippen LogP contribution in [0.25, 0.3) is 33.6 Å². The lowest BCUT2D eigenvalue weighted by Crippen LogP contribution is -2.58. The summed E-state index contributed by atoms with van der Waals surface area (Å²) >= 11 is 0. The normalized spacial score (nSPS) is 23.3. The number of hydrogen-bond donors (Lipinski definition) is 2. The third kappa shape index (κ3) is 5.75. The summed E-state index contributed by atoms with van der Waals surface area (Å²) in [5.74, 6) is 1.45. The molecule has 3 aliphatic heterocycles. The number of imidazole rings is 1. The first-order chi connectivity index (χ1) is 23.0. The third-order valence-electron chi connectivity index (χ3n) is 10.5. The maximum atomic E-state index is 13.8. The van der Waals surface area contributed by atoms with Crippen LogP contribution in [0.15, 0.2) is 30.3 Å². The number of cyclic esters (lactones) is 1. The standard InChI is InChI=1S/C36H45N7O5/c1-21-25-11-10-22-17-28(43(31(22)38-25)14-9-7-6-8-13-36(2,3)34(45)37-21)32-39-26-16-24(18-29(47-5)30(26)41(32)4)33(44)42-15-12-23-20-48-35(46)40-27(23)19-42/h10-11,16-18,21,23,27H,6-9,12-15,19-20H2,1-5H3,(H,37,45)(H,40,46)/t21-,23+,27-/m1/s1. The first kappa shape index (κ1) is 32.0. The summed E-state index contributed by atoms with van der Waals surface area (Å²) in [6.07, 6.45) is 5.24. The molecular formula is C36H45N7O5. The molecule has 0 radical (unpaired) electrons. The number of hydrogen-bond acceptors (Lipinski definition) is 7. The van der Waals surface area contributed by atoms with E-state index in [4.69, 9.17) is 19.4 Å². The minimum absolute atomic E-state index is 0.0522. The highest BCUT2D eigenvalue weighted by Gasteiger charge is 2.37.